The van der Waals surface area contributed by atoms with Crippen molar-refractivity contribution >= 4 is 46.3 Å². The van der Waals surface area contributed by atoms with Crippen molar-refractivity contribution in [1.29, 1.82) is 0 Å². The third-order valence-electron chi connectivity index (χ3n) is 6.77. The van der Waals surface area contributed by atoms with Crippen LogP contribution in [0.5, 0.6) is 0 Å². The number of anilines is 1. The molecule has 0 spiro atoms. The van der Waals surface area contributed by atoms with E-state index >= 15 is 0 Å². The van der Waals surface area contributed by atoms with Crippen LogP contribution in [0.2, 0.25) is 5.02 Å². The third-order valence-corrected chi connectivity index (χ3v) is 8.23. The minimum absolute atomic E-state index is 0.173. The summed E-state index contributed by atoms with van der Waals surface area (Å²) >= 11 is 8.36. The van der Waals surface area contributed by atoms with Gasteiger partial charge in [0.2, 0.25) is 0 Å². The molecule has 2 aromatic carbocycles. The van der Waals surface area contributed by atoms with Crippen molar-refractivity contribution in [1.82, 2.24) is 15.3 Å². The smallest absolute Gasteiger partial charge is 0.337 e. The SMILES string of the molecule is CCOC(=O)C1=C(c2ccc(-c3sc(C)nc3C)cc2)NC(C)=C(C(=O)Nc2ccccn2)C1c1ccccc1Cl. The molecule has 41 heavy (non-hydrogen) atoms. The van der Waals surface area contributed by atoms with E-state index in [9.17, 15) is 9.59 Å². The number of nitrogens with one attached hydrogen (secondary N) is 2. The van der Waals surface area contributed by atoms with Gasteiger partial charge in [-0.15, -0.1) is 11.3 Å². The van der Waals surface area contributed by atoms with Gasteiger partial charge in [0.15, 0.2) is 0 Å². The molecule has 9 heteroatoms. The molecule has 2 N–H and O–H groups in total. The quantitative estimate of drug-likeness (QED) is 0.226. The average Bonchev–Trinajstić information content (AvgIpc) is 3.30. The van der Waals surface area contributed by atoms with Crippen LogP contribution in [0.3, 0.4) is 0 Å². The Hall–Kier alpha value is -4.27. The predicted molar refractivity (Wildman–Crippen MR) is 163 cm³/mol. The summed E-state index contributed by atoms with van der Waals surface area (Å²) in [5.74, 6) is -1.33. The van der Waals surface area contributed by atoms with Crippen LogP contribution in [0, 0.1) is 13.8 Å². The number of aromatic nitrogens is 2. The van der Waals surface area contributed by atoms with E-state index in [1.165, 1.54) is 0 Å². The number of rotatable bonds is 7. The number of carbonyl (C=O) groups is 2. The molecule has 3 heterocycles. The van der Waals surface area contributed by atoms with Gasteiger partial charge in [-0.05, 0) is 62.6 Å². The Bertz CT molecular complexity index is 1680. The summed E-state index contributed by atoms with van der Waals surface area (Å²) in [5, 5.41) is 7.66. The minimum atomic E-state index is -0.797. The molecule has 0 radical (unpaired) electrons. The molecule has 0 fully saturated rings. The van der Waals surface area contributed by atoms with Crippen LogP contribution in [0.1, 0.15) is 41.6 Å². The second-order valence-electron chi connectivity index (χ2n) is 9.52. The van der Waals surface area contributed by atoms with Crippen LogP contribution in [-0.2, 0) is 14.3 Å². The summed E-state index contributed by atoms with van der Waals surface area (Å²) in [6.07, 6.45) is 1.60. The van der Waals surface area contributed by atoms with Crippen LogP contribution in [0.15, 0.2) is 89.8 Å². The summed E-state index contributed by atoms with van der Waals surface area (Å²) in [5.41, 5.74) is 5.20. The second kappa shape index (κ2) is 12.1. The Kier molecular flexibility index (Phi) is 8.33. The van der Waals surface area contributed by atoms with Gasteiger partial charge in [0.05, 0.1) is 39.4 Å². The number of benzene rings is 2. The fourth-order valence-corrected chi connectivity index (χ4v) is 6.18. The first-order valence-corrected chi connectivity index (χ1v) is 14.4. The first-order chi connectivity index (χ1) is 19.8. The van der Waals surface area contributed by atoms with E-state index in [-0.39, 0.29) is 6.61 Å². The standard InChI is InChI=1S/C32H29ClN4O3S/c1-5-40-32(39)28-27(23-10-6-7-11-24(23)33)26(31(38)37-25-12-8-9-17-34-25)18(2)36-29(28)21-13-15-22(16-14-21)30-19(3)35-20(4)41-30/h6-17,27,36H,5H2,1-4H3,(H,34,37,38). The first-order valence-electron chi connectivity index (χ1n) is 13.2. The lowest BCUT2D eigenvalue weighted by atomic mass is 9.78. The van der Waals surface area contributed by atoms with Crippen molar-refractivity contribution in [2.24, 2.45) is 0 Å². The zero-order valence-electron chi connectivity index (χ0n) is 23.1. The Morgan fingerprint density at radius 3 is 2.32 bits per heavy atom. The van der Waals surface area contributed by atoms with Crippen LogP contribution >= 0.6 is 22.9 Å². The van der Waals surface area contributed by atoms with Crippen LogP contribution in [0.4, 0.5) is 5.82 Å². The van der Waals surface area contributed by atoms with Gasteiger partial charge in [0.1, 0.15) is 5.82 Å². The van der Waals surface area contributed by atoms with Crippen LogP contribution in [0.25, 0.3) is 16.1 Å². The second-order valence-corrected chi connectivity index (χ2v) is 11.1. The van der Waals surface area contributed by atoms with E-state index in [0.717, 1.165) is 26.7 Å². The Morgan fingerprint density at radius 1 is 0.976 bits per heavy atom. The lowest BCUT2D eigenvalue weighted by molar-refractivity contribution is -0.138. The summed E-state index contributed by atoms with van der Waals surface area (Å²) < 4.78 is 5.56. The molecule has 0 aliphatic carbocycles. The highest BCUT2D eigenvalue weighted by atomic mass is 35.5. The van der Waals surface area contributed by atoms with Gasteiger partial charge in [0.25, 0.3) is 5.91 Å². The van der Waals surface area contributed by atoms with Crippen molar-refractivity contribution in [2.75, 3.05) is 11.9 Å². The lowest BCUT2D eigenvalue weighted by Crippen LogP contribution is -2.34. The molecule has 0 bridgehead atoms. The van der Waals surface area contributed by atoms with Gasteiger partial charge in [-0.1, -0.05) is 60.1 Å². The number of amides is 1. The summed E-state index contributed by atoms with van der Waals surface area (Å²) in [6, 6.07) is 20.4. The van der Waals surface area contributed by atoms with E-state index in [4.69, 9.17) is 16.3 Å². The van der Waals surface area contributed by atoms with Crippen molar-refractivity contribution in [3.63, 3.8) is 0 Å². The number of aryl methyl sites for hydroxylation is 2. The van der Waals surface area contributed by atoms with Gasteiger partial charge in [-0.3, -0.25) is 4.79 Å². The first kappa shape index (κ1) is 28.3. The van der Waals surface area contributed by atoms with Crippen molar-refractivity contribution in [2.45, 2.75) is 33.6 Å². The monoisotopic (exact) mass is 584 g/mol. The Labute approximate surface area is 248 Å². The van der Waals surface area contributed by atoms with Gasteiger partial charge < -0.3 is 15.4 Å². The normalized spacial score (nSPS) is 15.0. The van der Waals surface area contributed by atoms with Gasteiger partial charge in [0, 0.05) is 22.5 Å². The largest absolute Gasteiger partial charge is 0.463 e. The van der Waals surface area contributed by atoms with E-state index in [1.54, 1.807) is 48.7 Å². The molecule has 208 valence electrons. The molecule has 5 rings (SSSR count). The number of hydrogen-bond acceptors (Lipinski definition) is 7. The lowest BCUT2D eigenvalue weighted by Gasteiger charge is -2.32. The number of dihydropyridines is 1. The number of allylic oxidation sites excluding steroid dienone is 1. The molecule has 1 unspecified atom stereocenters. The molecule has 1 atom stereocenters. The number of ether oxygens (including phenoxy) is 1. The molecule has 1 aliphatic heterocycles. The summed E-state index contributed by atoms with van der Waals surface area (Å²) in [7, 11) is 0. The maximum absolute atomic E-state index is 13.8. The molecule has 0 saturated heterocycles. The van der Waals surface area contributed by atoms with E-state index in [1.807, 2.05) is 63.2 Å². The molecule has 1 amide bonds. The maximum atomic E-state index is 13.8. The molecule has 4 aromatic rings. The number of halogens is 1. The number of carbonyl (C=O) groups excluding carboxylic acids is 2. The van der Waals surface area contributed by atoms with Gasteiger partial charge in [-0.25, -0.2) is 14.8 Å². The molecule has 7 nitrogen and oxygen atoms in total. The van der Waals surface area contributed by atoms with Crippen molar-refractivity contribution in [3.8, 4) is 10.4 Å². The number of hydrogen-bond donors (Lipinski definition) is 2. The highest BCUT2D eigenvalue weighted by Gasteiger charge is 2.39. The van der Waals surface area contributed by atoms with Crippen LogP contribution < -0.4 is 10.6 Å². The number of nitrogens with zero attached hydrogens (tertiary/aromatic N) is 2. The number of pyridine rings is 1. The molecule has 2 aromatic heterocycles. The highest BCUT2D eigenvalue weighted by Crippen LogP contribution is 2.44. The summed E-state index contributed by atoms with van der Waals surface area (Å²) in [4.78, 5) is 37.4. The van der Waals surface area contributed by atoms with Crippen molar-refractivity contribution in [3.05, 3.63) is 117 Å². The zero-order chi connectivity index (χ0) is 29.1. The molecular weight excluding hydrogens is 556 g/mol. The van der Waals surface area contributed by atoms with Gasteiger partial charge >= 0.3 is 5.97 Å². The van der Waals surface area contributed by atoms with Crippen molar-refractivity contribution < 1.29 is 14.3 Å². The topological polar surface area (TPSA) is 93.2 Å². The van der Waals surface area contributed by atoms with Crippen LogP contribution in [-0.4, -0.2) is 28.5 Å². The summed E-state index contributed by atoms with van der Waals surface area (Å²) in [6.45, 7) is 7.73. The average molecular weight is 585 g/mol. The number of esters is 1. The highest BCUT2D eigenvalue weighted by molar-refractivity contribution is 7.15. The van der Waals surface area contributed by atoms with E-state index in [2.05, 4.69) is 20.6 Å². The molecule has 0 saturated carbocycles. The Morgan fingerprint density at radius 2 is 1.68 bits per heavy atom. The molecule has 1 aliphatic rings. The van der Waals surface area contributed by atoms with E-state index in [0.29, 0.717) is 38.9 Å². The third kappa shape index (κ3) is 5.80. The van der Waals surface area contributed by atoms with Gasteiger partial charge in [-0.2, -0.15) is 0 Å². The maximum Gasteiger partial charge on any atom is 0.337 e. The zero-order valence-corrected chi connectivity index (χ0v) is 24.7. The molecular formula is C32H29ClN4O3S. The fourth-order valence-electron chi connectivity index (χ4n) is 5.01. The number of thiazole rings is 1. The fraction of sp³-hybridized carbons (Fsp3) is 0.188. The van der Waals surface area contributed by atoms with E-state index < -0.39 is 17.8 Å². The minimum Gasteiger partial charge on any atom is -0.463 e. The predicted octanol–water partition coefficient (Wildman–Crippen LogP) is 7.05. The Balaban J connectivity index is 1.66.